The number of nitrogens with zero attached hydrogens (tertiary/aromatic N) is 5. The number of piperazine rings is 1. The van der Waals surface area contributed by atoms with Crippen molar-refractivity contribution >= 4 is 11.7 Å². The van der Waals surface area contributed by atoms with Crippen molar-refractivity contribution in [3.05, 3.63) is 17.8 Å². The Bertz CT molecular complexity index is 510. The normalized spacial score (nSPS) is 23.6. The van der Waals surface area contributed by atoms with Gasteiger partial charge in [0.25, 0.3) is 0 Å². The van der Waals surface area contributed by atoms with E-state index in [1.165, 1.54) is 0 Å². The summed E-state index contributed by atoms with van der Waals surface area (Å²) in [5, 5.41) is 8.35. The number of aryl methyl sites for hydroxylation is 1. The number of rotatable bonds is 2. The number of likely N-dealkylation sites (tertiary alicyclic amines) is 1. The average molecular weight is 303 g/mol. The maximum atomic E-state index is 12.6. The molecule has 1 amide bonds. The molecule has 3 heterocycles. The summed E-state index contributed by atoms with van der Waals surface area (Å²) >= 11 is 0. The molecule has 1 unspecified atom stereocenters. The van der Waals surface area contributed by atoms with Crippen LogP contribution in [-0.2, 0) is 4.79 Å². The number of amides is 1. The third-order valence-electron chi connectivity index (χ3n) is 4.67. The van der Waals surface area contributed by atoms with Crippen molar-refractivity contribution in [3.8, 4) is 0 Å². The zero-order valence-electron chi connectivity index (χ0n) is 13.5. The minimum atomic E-state index is 0.185. The van der Waals surface area contributed by atoms with Crippen LogP contribution in [0.4, 0.5) is 5.82 Å². The smallest absolute Gasteiger partial charge is 0.227 e. The summed E-state index contributed by atoms with van der Waals surface area (Å²) in [6.45, 7) is 7.21. The highest BCUT2D eigenvalue weighted by Crippen LogP contribution is 2.20. The first kappa shape index (κ1) is 15.2. The first-order valence-corrected chi connectivity index (χ1v) is 8.16. The van der Waals surface area contributed by atoms with Gasteiger partial charge in [0, 0.05) is 32.7 Å². The zero-order valence-corrected chi connectivity index (χ0v) is 13.5. The average Bonchev–Trinajstić information content (AvgIpc) is 2.55. The van der Waals surface area contributed by atoms with Crippen LogP contribution in [0, 0.1) is 12.8 Å². The van der Waals surface area contributed by atoms with Crippen molar-refractivity contribution in [1.82, 2.24) is 20.0 Å². The molecule has 6 heteroatoms. The van der Waals surface area contributed by atoms with Crippen LogP contribution < -0.4 is 4.90 Å². The van der Waals surface area contributed by atoms with Crippen LogP contribution in [0.5, 0.6) is 0 Å². The molecule has 120 valence electrons. The Labute approximate surface area is 132 Å². The lowest BCUT2D eigenvalue weighted by Gasteiger charge is -2.38. The molecule has 1 aromatic heterocycles. The van der Waals surface area contributed by atoms with Crippen LogP contribution in [0.2, 0.25) is 0 Å². The molecule has 2 aliphatic heterocycles. The molecule has 0 spiro atoms. The summed E-state index contributed by atoms with van der Waals surface area (Å²) in [5.41, 5.74) is 0.930. The van der Waals surface area contributed by atoms with E-state index in [-0.39, 0.29) is 5.92 Å². The third kappa shape index (κ3) is 3.38. The Morgan fingerprint density at radius 3 is 2.55 bits per heavy atom. The quantitative estimate of drug-likeness (QED) is 0.808. The lowest BCUT2D eigenvalue weighted by molar-refractivity contribution is -0.137. The van der Waals surface area contributed by atoms with E-state index in [0.29, 0.717) is 5.91 Å². The summed E-state index contributed by atoms with van der Waals surface area (Å²) < 4.78 is 0. The molecule has 0 N–H and O–H groups in total. The Hall–Kier alpha value is -1.69. The molecule has 22 heavy (non-hydrogen) atoms. The van der Waals surface area contributed by atoms with Crippen LogP contribution in [-0.4, -0.2) is 72.2 Å². The number of anilines is 1. The van der Waals surface area contributed by atoms with Gasteiger partial charge in [-0.15, -0.1) is 5.10 Å². The maximum Gasteiger partial charge on any atom is 0.227 e. The first-order valence-electron chi connectivity index (χ1n) is 8.16. The van der Waals surface area contributed by atoms with Gasteiger partial charge in [0.2, 0.25) is 5.91 Å². The van der Waals surface area contributed by atoms with Crippen LogP contribution in [0.15, 0.2) is 12.1 Å². The van der Waals surface area contributed by atoms with E-state index in [2.05, 4.69) is 27.0 Å². The number of hydrogen-bond acceptors (Lipinski definition) is 5. The molecule has 2 saturated heterocycles. The topological polar surface area (TPSA) is 52.6 Å². The van der Waals surface area contributed by atoms with E-state index in [1.807, 2.05) is 24.0 Å². The molecular formula is C16H25N5O. The Balaban J connectivity index is 1.55. The van der Waals surface area contributed by atoms with Gasteiger partial charge in [-0.3, -0.25) is 4.79 Å². The summed E-state index contributed by atoms with van der Waals surface area (Å²) in [5.74, 6) is 1.43. The highest BCUT2D eigenvalue weighted by molar-refractivity contribution is 5.79. The van der Waals surface area contributed by atoms with Gasteiger partial charge in [-0.05, 0) is 45.5 Å². The van der Waals surface area contributed by atoms with Gasteiger partial charge in [-0.2, -0.15) is 5.10 Å². The van der Waals surface area contributed by atoms with Gasteiger partial charge in [-0.25, -0.2) is 0 Å². The van der Waals surface area contributed by atoms with E-state index >= 15 is 0 Å². The van der Waals surface area contributed by atoms with E-state index in [9.17, 15) is 4.79 Å². The highest BCUT2D eigenvalue weighted by Gasteiger charge is 2.30. The predicted molar refractivity (Wildman–Crippen MR) is 85.8 cm³/mol. The van der Waals surface area contributed by atoms with Gasteiger partial charge in [0.05, 0.1) is 11.6 Å². The van der Waals surface area contributed by atoms with Crippen molar-refractivity contribution in [2.75, 3.05) is 51.2 Å². The van der Waals surface area contributed by atoms with Crippen LogP contribution in [0.25, 0.3) is 0 Å². The zero-order chi connectivity index (χ0) is 15.5. The second kappa shape index (κ2) is 6.60. The molecule has 0 saturated carbocycles. The number of carbonyl (C=O) groups is 1. The number of hydrogen-bond donors (Lipinski definition) is 0. The largest absolute Gasteiger partial charge is 0.352 e. The molecular weight excluding hydrogens is 278 g/mol. The van der Waals surface area contributed by atoms with Gasteiger partial charge < -0.3 is 14.7 Å². The molecule has 2 aliphatic rings. The molecule has 0 bridgehead atoms. The third-order valence-corrected chi connectivity index (χ3v) is 4.67. The van der Waals surface area contributed by atoms with Gasteiger partial charge in [0.15, 0.2) is 5.82 Å². The monoisotopic (exact) mass is 303 g/mol. The van der Waals surface area contributed by atoms with E-state index in [0.717, 1.165) is 63.6 Å². The maximum absolute atomic E-state index is 12.6. The molecule has 0 radical (unpaired) electrons. The first-order chi connectivity index (χ1) is 10.6. The fourth-order valence-corrected chi connectivity index (χ4v) is 3.34. The molecule has 1 atom stereocenters. The van der Waals surface area contributed by atoms with E-state index in [1.54, 1.807) is 0 Å². The van der Waals surface area contributed by atoms with Gasteiger partial charge in [-0.1, -0.05) is 0 Å². The summed E-state index contributed by atoms with van der Waals surface area (Å²) in [6, 6.07) is 3.99. The molecule has 6 nitrogen and oxygen atoms in total. The Morgan fingerprint density at radius 2 is 1.91 bits per heavy atom. The molecule has 1 aromatic rings. The second-order valence-electron chi connectivity index (χ2n) is 6.45. The van der Waals surface area contributed by atoms with Crippen molar-refractivity contribution in [2.24, 2.45) is 5.92 Å². The van der Waals surface area contributed by atoms with Crippen molar-refractivity contribution in [2.45, 2.75) is 19.8 Å². The number of piperidine rings is 1. The lowest BCUT2D eigenvalue weighted by atomic mass is 9.96. The van der Waals surface area contributed by atoms with Crippen molar-refractivity contribution in [3.63, 3.8) is 0 Å². The van der Waals surface area contributed by atoms with E-state index < -0.39 is 0 Å². The van der Waals surface area contributed by atoms with E-state index in [4.69, 9.17) is 0 Å². The lowest BCUT2D eigenvalue weighted by Crippen LogP contribution is -2.52. The van der Waals surface area contributed by atoms with Crippen LogP contribution in [0.1, 0.15) is 18.5 Å². The van der Waals surface area contributed by atoms with Gasteiger partial charge >= 0.3 is 0 Å². The molecule has 0 aliphatic carbocycles. The summed E-state index contributed by atoms with van der Waals surface area (Å²) in [6.07, 6.45) is 2.17. The standard InChI is InChI=1S/C16H25N5O/c1-13-5-6-15(18-17-13)20-8-10-21(11-9-20)16(22)14-4-3-7-19(2)12-14/h5-6,14H,3-4,7-12H2,1-2H3. The Morgan fingerprint density at radius 1 is 1.14 bits per heavy atom. The molecule has 3 rings (SSSR count). The summed E-state index contributed by atoms with van der Waals surface area (Å²) in [4.78, 5) is 19.1. The fraction of sp³-hybridized carbons (Fsp3) is 0.688. The van der Waals surface area contributed by atoms with Crippen LogP contribution in [0.3, 0.4) is 0 Å². The van der Waals surface area contributed by atoms with Crippen LogP contribution >= 0.6 is 0 Å². The summed E-state index contributed by atoms with van der Waals surface area (Å²) in [7, 11) is 2.10. The fourth-order valence-electron chi connectivity index (χ4n) is 3.34. The highest BCUT2D eigenvalue weighted by atomic mass is 16.2. The minimum Gasteiger partial charge on any atom is -0.352 e. The van der Waals surface area contributed by atoms with Gasteiger partial charge in [0.1, 0.15) is 0 Å². The Kier molecular flexibility index (Phi) is 4.57. The SMILES string of the molecule is Cc1ccc(N2CCN(C(=O)C3CCCN(C)C3)CC2)nn1. The van der Waals surface area contributed by atoms with Crippen molar-refractivity contribution in [1.29, 1.82) is 0 Å². The minimum absolute atomic E-state index is 0.185. The molecule has 0 aromatic carbocycles. The number of aromatic nitrogens is 2. The predicted octanol–water partition coefficient (Wildman–Crippen LogP) is 0.775. The van der Waals surface area contributed by atoms with Crippen molar-refractivity contribution < 1.29 is 4.79 Å². The molecule has 2 fully saturated rings. The number of carbonyl (C=O) groups excluding carboxylic acids is 1. The second-order valence-corrected chi connectivity index (χ2v) is 6.45.